The topological polar surface area (TPSA) is 71.1 Å². The van der Waals surface area contributed by atoms with Gasteiger partial charge in [-0.25, -0.2) is 13.4 Å². The first-order valence-corrected chi connectivity index (χ1v) is 12.5. The van der Waals surface area contributed by atoms with Gasteiger partial charge in [0.2, 0.25) is 0 Å². The van der Waals surface area contributed by atoms with E-state index in [-0.39, 0.29) is 10.6 Å². The zero-order valence-electron chi connectivity index (χ0n) is 18.0. The number of hydrogen-bond donors (Lipinski definition) is 2. The number of aromatic nitrogens is 1. The number of nitrogens with one attached hydrogen (secondary N) is 2. The van der Waals surface area contributed by atoms with E-state index in [0.29, 0.717) is 18.0 Å². The lowest BCUT2D eigenvalue weighted by Gasteiger charge is -2.21. The Labute approximate surface area is 191 Å². The van der Waals surface area contributed by atoms with E-state index in [9.17, 15) is 21.6 Å². The number of fused-ring (bicyclic) bond motifs is 1. The quantitative estimate of drug-likeness (QED) is 0.456. The zero-order valence-corrected chi connectivity index (χ0v) is 18.8. The molecule has 1 saturated carbocycles. The molecule has 0 bridgehead atoms. The van der Waals surface area contributed by atoms with Gasteiger partial charge in [0.05, 0.1) is 27.4 Å². The van der Waals surface area contributed by atoms with Crippen LogP contribution in [0, 0.1) is 5.92 Å². The van der Waals surface area contributed by atoms with E-state index >= 15 is 0 Å². The van der Waals surface area contributed by atoms with Gasteiger partial charge < -0.3 is 5.32 Å². The molecule has 0 unspecified atom stereocenters. The molecule has 3 aromatic rings. The normalized spacial score (nSPS) is 15.6. The minimum atomic E-state index is -4.53. The summed E-state index contributed by atoms with van der Waals surface area (Å²) >= 11 is 0. The van der Waals surface area contributed by atoms with Crippen LogP contribution >= 0.6 is 0 Å². The van der Waals surface area contributed by atoms with Crippen LogP contribution in [0.2, 0.25) is 0 Å². The fourth-order valence-corrected chi connectivity index (χ4v) is 5.26. The van der Waals surface area contributed by atoms with Gasteiger partial charge in [0.25, 0.3) is 10.0 Å². The standard InChI is InChI=1S/C24H26F3N3O2S/c25-24(26,27)19-10-13-21(14-11-19)33(31,32)30-22-8-4-7-18-9-12-20(29-23(18)22)16-28-15-17-5-2-1-3-6-17/h4,7-14,17,28,30H,1-3,5-6,15-16H2. The molecule has 1 aliphatic rings. The van der Waals surface area contributed by atoms with Crippen LogP contribution in [-0.2, 0) is 22.7 Å². The maximum Gasteiger partial charge on any atom is 0.416 e. The van der Waals surface area contributed by atoms with Crippen molar-refractivity contribution in [2.45, 2.75) is 49.7 Å². The third-order valence-corrected chi connectivity index (χ3v) is 7.36. The van der Waals surface area contributed by atoms with Gasteiger partial charge in [-0.05, 0) is 61.7 Å². The van der Waals surface area contributed by atoms with Gasteiger partial charge in [-0.3, -0.25) is 4.72 Å². The second kappa shape index (κ2) is 9.69. The number of nitrogens with zero attached hydrogens (tertiary/aromatic N) is 1. The van der Waals surface area contributed by atoms with Crippen LogP contribution in [0.5, 0.6) is 0 Å². The summed E-state index contributed by atoms with van der Waals surface area (Å²) in [6.45, 7) is 1.51. The molecule has 2 N–H and O–H groups in total. The minimum Gasteiger partial charge on any atom is -0.311 e. The maximum absolute atomic E-state index is 12.8. The Morgan fingerprint density at radius 3 is 2.36 bits per heavy atom. The number of anilines is 1. The third kappa shape index (κ3) is 5.83. The fraction of sp³-hybridized carbons (Fsp3) is 0.375. The van der Waals surface area contributed by atoms with Crippen LogP contribution in [0.25, 0.3) is 10.9 Å². The van der Waals surface area contributed by atoms with Crippen molar-refractivity contribution < 1.29 is 21.6 Å². The molecule has 4 rings (SSSR count). The Bertz CT molecular complexity index is 1210. The highest BCUT2D eigenvalue weighted by atomic mass is 32.2. The van der Waals surface area contributed by atoms with Crippen molar-refractivity contribution in [3.63, 3.8) is 0 Å². The molecule has 0 atom stereocenters. The van der Waals surface area contributed by atoms with Gasteiger partial charge >= 0.3 is 6.18 Å². The van der Waals surface area contributed by atoms with Crippen LogP contribution in [0.4, 0.5) is 18.9 Å². The molecule has 1 aromatic heterocycles. The van der Waals surface area contributed by atoms with E-state index in [1.807, 2.05) is 18.2 Å². The summed E-state index contributed by atoms with van der Waals surface area (Å²) in [5.74, 6) is 0.685. The van der Waals surface area contributed by atoms with E-state index < -0.39 is 21.8 Å². The van der Waals surface area contributed by atoms with Crippen molar-refractivity contribution in [3.05, 3.63) is 65.9 Å². The summed E-state index contributed by atoms with van der Waals surface area (Å²) < 4.78 is 66.5. The molecule has 9 heteroatoms. The summed E-state index contributed by atoms with van der Waals surface area (Å²) in [4.78, 5) is 4.39. The average Bonchev–Trinajstić information content (AvgIpc) is 2.79. The van der Waals surface area contributed by atoms with Gasteiger partial charge in [-0.15, -0.1) is 0 Å². The Hall–Kier alpha value is -2.65. The molecule has 1 fully saturated rings. The van der Waals surface area contributed by atoms with Gasteiger partial charge in [-0.2, -0.15) is 13.2 Å². The van der Waals surface area contributed by atoms with E-state index in [4.69, 9.17) is 0 Å². The molecule has 0 amide bonds. The Kier molecular flexibility index (Phi) is 6.90. The summed E-state index contributed by atoms with van der Waals surface area (Å²) in [5.41, 5.74) is 0.657. The maximum atomic E-state index is 12.8. The summed E-state index contributed by atoms with van der Waals surface area (Å²) in [5, 5.41) is 4.22. The van der Waals surface area contributed by atoms with Crippen LogP contribution in [0.1, 0.15) is 43.4 Å². The molecule has 176 valence electrons. The lowest BCUT2D eigenvalue weighted by Crippen LogP contribution is -2.24. The van der Waals surface area contributed by atoms with Crippen molar-refractivity contribution >= 4 is 26.6 Å². The van der Waals surface area contributed by atoms with E-state index in [0.717, 1.165) is 41.9 Å². The molecule has 2 aromatic carbocycles. The van der Waals surface area contributed by atoms with Crippen LogP contribution in [0.3, 0.4) is 0 Å². The van der Waals surface area contributed by atoms with E-state index in [1.54, 1.807) is 12.1 Å². The summed E-state index contributed by atoms with van der Waals surface area (Å²) in [6.07, 6.45) is 1.83. The smallest absolute Gasteiger partial charge is 0.311 e. The highest BCUT2D eigenvalue weighted by Gasteiger charge is 2.30. The van der Waals surface area contributed by atoms with Crippen molar-refractivity contribution in [3.8, 4) is 0 Å². The van der Waals surface area contributed by atoms with Gasteiger partial charge in [0.15, 0.2) is 0 Å². The first kappa shape index (κ1) is 23.5. The number of sulfonamides is 1. The van der Waals surface area contributed by atoms with Crippen LogP contribution in [0.15, 0.2) is 59.5 Å². The number of rotatable bonds is 7. The molecule has 0 spiro atoms. The number of halogens is 3. The summed E-state index contributed by atoms with van der Waals surface area (Å²) in [6, 6.07) is 12.3. The molecule has 33 heavy (non-hydrogen) atoms. The second-order valence-corrected chi connectivity index (χ2v) is 10.1. The third-order valence-electron chi connectivity index (χ3n) is 5.98. The van der Waals surface area contributed by atoms with Crippen molar-refractivity contribution in [2.24, 2.45) is 5.92 Å². The van der Waals surface area contributed by atoms with Gasteiger partial charge in [0, 0.05) is 11.9 Å². The minimum absolute atomic E-state index is 0.252. The van der Waals surface area contributed by atoms with Crippen LogP contribution < -0.4 is 10.0 Å². The van der Waals surface area contributed by atoms with E-state index in [1.165, 1.54) is 32.1 Å². The average molecular weight is 478 g/mol. The first-order valence-electron chi connectivity index (χ1n) is 11.0. The molecule has 0 saturated heterocycles. The van der Waals surface area contributed by atoms with Crippen LogP contribution in [-0.4, -0.2) is 19.9 Å². The Balaban J connectivity index is 1.51. The predicted molar refractivity (Wildman–Crippen MR) is 122 cm³/mol. The van der Waals surface area contributed by atoms with E-state index in [2.05, 4.69) is 15.0 Å². The molecule has 0 aliphatic heterocycles. The monoisotopic (exact) mass is 477 g/mol. The van der Waals surface area contributed by atoms with Crippen molar-refractivity contribution in [1.29, 1.82) is 0 Å². The largest absolute Gasteiger partial charge is 0.416 e. The second-order valence-electron chi connectivity index (χ2n) is 8.44. The Morgan fingerprint density at radius 2 is 1.67 bits per heavy atom. The molecule has 1 aliphatic carbocycles. The zero-order chi connectivity index (χ0) is 23.5. The first-order chi connectivity index (χ1) is 15.7. The lowest BCUT2D eigenvalue weighted by atomic mass is 9.89. The molecular formula is C24H26F3N3O2S. The number of alkyl halides is 3. The summed E-state index contributed by atoms with van der Waals surface area (Å²) in [7, 11) is -4.08. The molecular weight excluding hydrogens is 451 g/mol. The Morgan fingerprint density at radius 1 is 0.939 bits per heavy atom. The van der Waals surface area contributed by atoms with Gasteiger partial charge in [0.1, 0.15) is 0 Å². The van der Waals surface area contributed by atoms with Crippen molar-refractivity contribution in [1.82, 2.24) is 10.3 Å². The number of pyridine rings is 1. The number of hydrogen-bond acceptors (Lipinski definition) is 4. The SMILES string of the molecule is O=S(=O)(Nc1cccc2ccc(CNCC3CCCCC3)nc12)c1ccc(C(F)(F)F)cc1. The highest BCUT2D eigenvalue weighted by molar-refractivity contribution is 7.92. The molecule has 5 nitrogen and oxygen atoms in total. The molecule has 0 radical (unpaired) electrons. The predicted octanol–water partition coefficient (Wildman–Crippen LogP) is 5.72. The highest BCUT2D eigenvalue weighted by Crippen LogP contribution is 2.30. The fourth-order valence-electron chi connectivity index (χ4n) is 4.19. The van der Waals surface area contributed by atoms with Gasteiger partial charge in [-0.1, -0.05) is 37.5 Å². The lowest BCUT2D eigenvalue weighted by molar-refractivity contribution is -0.137. The molecule has 1 heterocycles. The number of benzene rings is 2. The van der Waals surface area contributed by atoms with Crippen molar-refractivity contribution in [2.75, 3.05) is 11.3 Å². The number of para-hydroxylation sites is 1.